The smallest absolute Gasteiger partial charge is 0.258 e. The van der Waals surface area contributed by atoms with Gasteiger partial charge in [0.05, 0.1) is 11.6 Å². The van der Waals surface area contributed by atoms with Crippen molar-refractivity contribution < 1.29 is 19.1 Å². The highest BCUT2D eigenvalue weighted by Gasteiger charge is 2.21. The van der Waals surface area contributed by atoms with Crippen molar-refractivity contribution in [2.24, 2.45) is 5.92 Å². The lowest BCUT2D eigenvalue weighted by atomic mass is 10.2. The number of halogens is 1. The summed E-state index contributed by atoms with van der Waals surface area (Å²) in [5.74, 6) is 1.59. The van der Waals surface area contributed by atoms with Crippen LogP contribution in [0.3, 0.4) is 0 Å². The highest BCUT2D eigenvalue weighted by molar-refractivity contribution is 7.98. The second kappa shape index (κ2) is 13.1. The molecule has 0 aliphatic heterocycles. The summed E-state index contributed by atoms with van der Waals surface area (Å²) >= 11 is 7.88. The number of benzene rings is 2. The Morgan fingerprint density at radius 3 is 2.48 bits per heavy atom. The standard InChI is InChI=1S/C23H29ClN2O4S/c1-16(2)14-30-21-10-9-17(13-19(21)24)25-23(28)20(11-12-31-3)26-22(27)15-29-18-7-5-4-6-8-18/h4-10,13,16,20H,11-12,14-15H2,1-3H3,(H,25,28)(H,26,27). The maximum absolute atomic E-state index is 12.8. The predicted octanol–water partition coefficient (Wildman–Crippen LogP) is 4.63. The van der Waals surface area contributed by atoms with Gasteiger partial charge in [-0.15, -0.1) is 0 Å². The number of thioether (sulfide) groups is 1. The summed E-state index contributed by atoms with van der Waals surface area (Å²) in [7, 11) is 0. The molecule has 2 N–H and O–H groups in total. The minimum atomic E-state index is -0.685. The molecule has 0 spiro atoms. The van der Waals surface area contributed by atoms with Crippen LogP contribution in [0, 0.1) is 5.92 Å². The van der Waals surface area contributed by atoms with Crippen LogP contribution in [-0.2, 0) is 9.59 Å². The van der Waals surface area contributed by atoms with Crippen molar-refractivity contribution in [2.45, 2.75) is 26.3 Å². The van der Waals surface area contributed by atoms with Gasteiger partial charge >= 0.3 is 0 Å². The molecule has 1 unspecified atom stereocenters. The Balaban J connectivity index is 1.95. The molecule has 0 heterocycles. The van der Waals surface area contributed by atoms with Crippen LogP contribution in [0.1, 0.15) is 20.3 Å². The molecule has 0 aliphatic rings. The second-order valence-corrected chi connectivity index (χ2v) is 8.74. The van der Waals surface area contributed by atoms with Gasteiger partial charge in [-0.05, 0) is 54.7 Å². The third-order valence-electron chi connectivity index (χ3n) is 4.15. The largest absolute Gasteiger partial charge is 0.492 e. The van der Waals surface area contributed by atoms with Gasteiger partial charge in [-0.25, -0.2) is 0 Å². The van der Waals surface area contributed by atoms with Crippen LogP contribution in [0.4, 0.5) is 5.69 Å². The molecule has 0 radical (unpaired) electrons. The molecule has 2 aromatic rings. The number of nitrogens with one attached hydrogen (secondary N) is 2. The highest BCUT2D eigenvalue weighted by Crippen LogP contribution is 2.28. The van der Waals surface area contributed by atoms with Crippen molar-refractivity contribution in [3.05, 3.63) is 53.6 Å². The Bertz CT molecular complexity index is 849. The van der Waals surface area contributed by atoms with E-state index >= 15 is 0 Å². The normalized spacial score (nSPS) is 11.6. The molecule has 0 aliphatic carbocycles. The second-order valence-electron chi connectivity index (χ2n) is 7.34. The van der Waals surface area contributed by atoms with E-state index in [9.17, 15) is 9.59 Å². The van der Waals surface area contributed by atoms with E-state index in [1.54, 1.807) is 42.1 Å². The fraction of sp³-hybridized carbons (Fsp3) is 0.391. The van der Waals surface area contributed by atoms with E-state index in [2.05, 4.69) is 24.5 Å². The lowest BCUT2D eigenvalue weighted by molar-refractivity contribution is -0.127. The molecule has 0 aromatic heterocycles. The van der Waals surface area contributed by atoms with E-state index in [4.69, 9.17) is 21.1 Å². The van der Waals surface area contributed by atoms with Gasteiger partial charge in [0, 0.05) is 5.69 Å². The minimum Gasteiger partial charge on any atom is -0.492 e. The Hall–Kier alpha value is -2.38. The van der Waals surface area contributed by atoms with Crippen LogP contribution in [-0.4, -0.2) is 43.1 Å². The summed E-state index contributed by atoms with van der Waals surface area (Å²) in [6.45, 7) is 4.49. The summed E-state index contributed by atoms with van der Waals surface area (Å²) in [5.41, 5.74) is 0.538. The maximum Gasteiger partial charge on any atom is 0.258 e. The molecular formula is C23H29ClN2O4S. The molecule has 2 amide bonds. The van der Waals surface area contributed by atoms with Crippen LogP contribution in [0.15, 0.2) is 48.5 Å². The van der Waals surface area contributed by atoms with Crippen molar-refractivity contribution in [1.29, 1.82) is 0 Å². The van der Waals surface area contributed by atoms with E-state index in [0.29, 0.717) is 41.2 Å². The molecular weight excluding hydrogens is 436 g/mol. The van der Waals surface area contributed by atoms with Crippen LogP contribution < -0.4 is 20.1 Å². The molecule has 0 bridgehead atoms. The maximum atomic E-state index is 12.8. The van der Waals surface area contributed by atoms with Gasteiger partial charge in [-0.3, -0.25) is 9.59 Å². The number of rotatable bonds is 12. The first-order chi connectivity index (χ1) is 14.9. The zero-order valence-corrected chi connectivity index (χ0v) is 19.6. The molecule has 2 aromatic carbocycles. The van der Waals surface area contributed by atoms with Gasteiger partial charge < -0.3 is 20.1 Å². The third-order valence-corrected chi connectivity index (χ3v) is 5.09. The van der Waals surface area contributed by atoms with E-state index in [1.165, 1.54) is 0 Å². The Kier molecular flexibility index (Phi) is 10.5. The summed E-state index contributed by atoms with van der Waals surface area (Å²) in [6.07, 6.45) is 2.44. The Labute approximate surface area is 193 Å². The molecule has 0 fully saturated rings. The Morgan fingerprint density at radius 1 is 1.10 bits per heavy atom. The fourth-order valence-electron chi connectivity index (χ4n) is 2.59. The molecule has 168 valence electrons. The molecule has 6 nitrogen and oxygen atoms in total. The van der Waals surface area contributed by atoms with Gasteiger partial charge in [0.2, 0.25) is 5.91 Å². The first-order valence-corrected chi connectivity index (χ1v) is 11.9. The van der Waals surface area contributed by atoms with Crippen molar-refractivity contribution in [1.82, 2.24) is 5.32 Å². The number of hydrogen-bond acceptors (Lipinski definition) is 5. The summed E-state index contributed by atoms with van der Waals surface area (Å²) in [5, 5.41) is 5.99. The topological polar surface area (TPSA) is 76.7 Å². The zero-order chi connectivity index (χ0) is 22.6. The van der Waals surface area contributed by atoms with Crippen molar-refractivity contribution >= 4 is 40.9 Å². The van der Waals surface area contributed by atoms with E-state index in [1.807, 2.05) is 24.5 Å². The summed E-state index contributed by atoms with van der Waals surface area (Å²) < 4.78 is 11.1. The lowest BCUT2D eigenvalue weighted by Gasteiger charge is -2.19. The summed E-state index contributed by atoms with van der Waals surface area (Å²) in [4.78, 5) is 25.1. The highest BCUT2D eigenvalue weighted by atomic mass is 35.5. The number of ether oxygens (including phenoxy) is 2. The average molecular weight is 465 g/mol. The number of amides is 2. The molecule has 0 saturated heterocycles. The predicted molar refractivity (Wildman–Crippen MR) is 127 cm³/mol. The zero-order valence-electron chi connectivity index (χ0n) is 18.0. The van der Waals surface area contributed by atoms with Gasteiger partial charge in [-0.2, -0.15) is 11.8 Å². The SMILES string of the molecule is CSCCC(NC(=O)COc1ccccc1)C(=O)Nc1ccc(OCC(C)C)c(Cl)c1. The van der Waals surface area contributed by atoms with E-state index in [0.717, 1.165) is 5.75 Å². The molecule has 8 heteroatoms. The minimum absolute atomic E-state index is 0.166. The number of para-hydroxylation sites is 1. The monoisotopic (exact) mass is 464 g/mol. The number of hydrogen-bond donors (Lipinski definition) is 2. The van der Waals surface area contributed by atoms with E-state index < -0.39 is 6.04 Å². The number of carbonyl (C=O) groups excluding carboxylic acids is 2. The fourth-order valence-corrected chi connectivity index (χ4v) is 3.29. The molecule has 1 atom stereocenters. The van der Waals surface area contributed by atoms with Crippen molar-refractivity contribution in [3.8, 4) is 11.5 Å². The van der Waals surface area contributed by atoms with Crippen LogP contribution >= 0.6 is 23.4 Å². The first kappa shape index (κ1) is 24.9. The number of carbonyl (C=O) groups is 2. The van der Waals surface area contributed by atoms with Crippen molar-refractivity contribution in [3.63, 3.8) is 0 Å². The van der Waals surface area contributed by atoms with Gasteiger partial charge in [-0.1, -0.05) is 43.6 Å². The van der Waals surface area contributed by atoms with Crippen LogP contribution in [0.5, 0.6) is 11.5 Å². The quantitative estimate of drug-likeness (QED) is 0.479. The van der Waals surface area contributed by atoms with Crippen molar-refractivity contribution in [2.75, 3.05) is 30.5 Å². The lowest BCUT2D eigenvalue weighted by Crippen LogP contribution is -2.45. The van der Waals surface area contributed by atoms with Gasteiger partial charge in [0.1, 0.15) is 17.5 Å². The number of anilines is 1. The summed E-state index contributed by atoms with van der Waals surface area (Å²) in [6, 6.07) is 13.5. The molecule has 0 saturated carbocycles. The average Bonchev–Trinajstić information content (AvgIpc) is 2.75. The third kappa shape index (κ3) is 9.11. The Morgan fingerprint density at radius 2 is 1.84 bits per heavy atom. The first-order valence-electron chi connectivity index (χ1n) is 10.1. The molecule has 31 heavy (non-hydrogen) atoms. The van der Waals surface area contributed by atoms with Gasteiger partial charge in [0.15, 0.2) is 6.61 Å². The van der Waals surface area contributed by atoms with Crippen LogP contribution in [0.2, 0.25) is 5.02 Å². The molecule has 2 rings (SSSR count). The van der Waals surface area contributed by atoms with Crippen LogP contribution in [0.25, 0.3) is 0 Å². The van der Waals surface area contributed by atoms with E-state index in [-0.39, 0.29) is 18.4 Å². The van der Waals surface area contributed by atoms with Gasteiger partial charge in [0.25, 0.3) is 5.91 Å².